The first-order valence-corrected chi connectivity index (χ1v) is 8.45. The van der Waals surface area contributed by atoms with Crippen molar-refractivity contribution in [1.29, 1.82) is 0 Å². The Balaban J connectivity index is 2.14. The van der Waals surface area contributed by atoms with Gasteiger partial charge >= 0.3 is 0 Å². The Morgan fingerprint density at radius 1 is 1.45 bits per heavy atom. The lowest BCUT2D eigenvalue weighted by molar-refractivity contribution is -0.119. The molecule has 1 unspecified atom stereocenters. The van der Waals surface area contributed by atoms with Crippen LogP contribution in [0.4, 0.5) is 0 Å². The van der Waals surface area contributed by atoms with Gasteiger partial charge in [0.05, 0.1) is 13.4 Å². The summed E-state index contributed by atoms with van der Waals surface area (Å²) in [4.78, 5) is 11.7. The largest absolute Gasteiger partial charge is 0.497 e. The summed E-state index contributed by atoms with van der Waals surface area (Å²) in [6.07, 6.45) is 4.06. The normalized spacial score (nSPS) is 18.2. The molecule has 0 saturated heterocycles. The van der Waals surface area contributed by atoms with Crippen molar-refractivity contribution in [2.45, 2.75) is 31.6 Å². The monoisotopic (exact) mass is 297 g/mol. The van der Waals surface area contributed by atoms with E-state index < -0.39 is 15.9 Å². The van der Waals surface area contributed by atoms with Crippen LogP contribution in [0.5, 0.6) is 5.75 Å². The van der Waals surface area contributed by atoms with Crippen molar-refractivity contribution >= 4 is 15.9 Å². The van der Waals surface area contributed by atoms with Gasteiger partial charge in [-0.1, -0.05) is 6.07 Å². The second-order valence-electron chi connectivity index (χ2n) is 5.16. The Bertz CT molecular complexity index is 610. The van der Waals surface area contributed by atoms with E-state index in [1.54, 1.807) is 7.11 Å². The predicted molar refractivity (Wildman–Crippen MR) is 76.3 cm³/mol. The summed E-state index contributed by atoms with van der Waals surface area (Å²) in [5, 5.41) is 0. The van der Waals surface area contributed by atoms with E-state index in [1.165, 1.54) is 5.56 Å². The van der Waals surface area contributed by atoms with Crippen LogP contribution in [0.1, 0.15) is 36.3 Å². The van der Waals surface area contributed by atoms with Crippen molar-refractivity contribution in [2.75, 3.05) is 13.4 Å². The highest BCUT2D eigenvalue weighted by atomic mass is 32.2. The number of aryl methyl sites for hydroxylation is 1. The van der Waals surface area contributed by atoms with Crippen LogP contribution in [0.15, 0.2) is 18.2 Å². The van der Waals surface area contributed by atoms with Crippen LogP contribution < -0.4 is 9.46 Å². The molecule has 110 valence electrons. The van der Waals surface area contributed by atoms with Gasteiger partial charge < -0.3 is 4.74 Å². The minimum atomic E-state index is -3.48. The van der Waals surface area contributed by atoms with E-state index in [0.29, 0.717) is 0 Å². The first kappa shape index (κ1) is 14.8. The van der Waals surface area contributed by atoms with Crippen LogP contribution >= 0.6 is 0 Å². The second-order valence-corrected chi connectivity index (χ2v) is 6.90. The third-order valence-corrected chi connectivity index (χ3v) is 4.12. The lowest BCUT2D eigenvalue weighted by Gasteiger charge is -2.25. The van der Waals surface area contributed by atoms with Gasteiger partial charge in [-0.05, 0) is 48.4 Å². The Hall–Kier alpha value is -1.56. The van der Waals surface area contributed by atoms with Gasteiger partial charge in [-0.15, -0.1) is 0 Å². The van der Waals surface area contributed by atoms with Gasteiger partial charge in [-0.25, -0.2) is 8.42 Å². The standard InChI is InChI=1S/C14H19NO4S/c1-19-12-6-7-13-10(8-12)4-3-5-11(13)9-14(16)15-20(2,17)18/h6-8,11H,3-5,9H2,1-2H3,(H,15,16). The maximum absolute atomic E-state index is 11.7. The molecule has 0 aliphatic heterocycles. The summed E-state index contributed by atoms with van der Waals surface area (Å²) in [5.74, 6) is 0.442. The third kappa shape index (κ3) is 3.72. The molecule has 6 heteroatoms. The molecule has 0 spiro atoms. The van der Waals surface area contributed by atoms with E-state index in [9.17, 15) is 13.2 Å². The van der Waals surface area contributed by atoms with E-state index in [1.807, 2.05) is 22.9 Å². The molecule has 1 aliphatic rings. The molecular formula is C14H19NO4S. The van der Waals surface area contributed by atoms with Gasteiger partial charge in [-0.3, -0.25) is 9.52 Å². The minimum Gasteiger partial charge on any atom is -0.497 e. The van der Waals surface area contributed by atoms with Gasteiger partial charge in [0, 0.05) is 6.42 Å². The number of amides is 1. The molecule has 0 bridgehead atoms. The van der Waals surface area contributed by atoms with Gasteiger partial charge in [0.1, 0.15) is 5.75 Å². The SMILES string of the molecule is COc1ccc2c(c1)CCCC2CC(=O)NS(C)(=O)=O. The van der Waals surface area contributed by atoms with Crippen molar-refractivity contribution in [3.05, 3.63) is 29.3 Å². The molecule has 0 aromatic heterocycles. The molecule has 20 heavy (non-hydrogen) atoms. The molecule has 1 atom stereocenters. The van der Waals surface area contributed by atoms with E-state index in [4.69, 9.17) is 4.74 Å². The highest BCUT2D eigenvalue weighted by Gasteiger charge is 2.24. The maximum atomic E-state index is 11.7. The molecule has 1 N–H and O–H groups in total. The lowest BCUT2D eigenvalue weighted by atomic mass is 9.81. The quantitative estimate of drug-likeness (QED) is 0.916. The molecule has 0 radical (unpaired) electrons. The first-order chi connectivity index (χ1) is 9.39. The smallest absolute Gasteiger partial charge is 0.234 e. The minimum absolute atomic E-state index is 0.0754. The summed E-state index contributed by atoms with van der Waals surface area (Å²) in [6.45, 7) is 0. The fourth-order valence-corrected chi connectivity index (χ4v) is 3.20. The molecule has 1 amide bonds. The summed E-state index contributed by atoms with van der Waals surface area (Å²) in [6, 6.07) is 5.85. The Morgan fingerprint density at radius 2 is 2.20 bits per heavy atom. The van der Waals surface area contributed by atoms with E-state index in [-0.39, 0.29) is 12.3 Å². The average Bonchev–Trinajstić information content (AvgIpc) is 2.36. The number of fused-ring (bicyclic) bond motifs is 1. The second kappa shape index (κ2) is 5.83. The number of sulfonamides is 1. The molecule has 1 aromatic carbocycles. The third-order valence-electron chi connectivity index (χ3n) is 3.52. The number of hydrogen-bond donors (Lipinski definition) is 1. The van der Waals surface area contributed by atoms with Crippen LogP contribution in [0.3, 0.4) is 0 Å². The Morgan fingerprint density at radius 3 is 2.85 bits per heavy atom. The van der Waals surface area contributed by atoms with E-state index in [2.05, 4.69) is 0 Å². The number of ether oxygens (including phenoxy) is 1. The number of carbonyl (C=O) groups is 1. The molecule has 1 aliphatic carbocycles. The fraction of sp³-hybridized carbons (Fsp3) is 0.500. The van der Waals surface area contributed by atoms with Crippen LogP contribution in [-0.2, 0) is 21.2 Å². The number of nitrogens with one attached hydrogen (secondary N) is 1. The molecular weight excluding hydrogens is 278 g/mol. The summed E-state index contributed by atoms with van der Waals surface area (Å²) < 4.78 is 29.4. The van der Waals surface area contributed by atoms with Crippen molar-refractivity contribution in [3.63, 3.8) is 0 Å². The molecule has 0 saturated carbocycles. The van der Waals surface area contributed by atoms with Crippen LogP contribution in [-0.4, -0.2) is 27.7 Å². The van der Waals surface area contributed by atoms with Gasteiger partial charge in [0.25, 0.3) is 0 Å². The Labute approximate surface area is 119 Å². The van der Waals surface area contributed by atoms with Crippen molar-refractivity contribution in [1.82, 2.24) is 4.72 Å². The zero-order chi connectivity index (χ0) is 14.8. The number of rotatable bonds is 4. The molecule has 0 heterocycles. The van der Waals surface area contributed by atoms with Gasteiger partial charge in [0.15, 0.2) is 0 Å². The fourth-order valence-electron chi connectivity index (χ4n) is 2.70. The summed E-state index contributed by atoms with van der Waals surface area (Å²) in [5.41, 5.74) is 2.31. The van der Waals surface area contributed by atoms with Crippen LogP contribution in [0.2, 0.25) is 0 Å². The Kier molecular flexibility index (Phi) is 4.32. The zero-order valence-electron chi connectivity index (χ0n) is 11.7. The lowest BCUT2D eigenvalue weighted by Crippen LogP contribution is -2.31. The molecule has 0 fully saturated rings. The highest BCUT2D eigenvalue weighted by Crippen LogP contribution is 2.35. The van der Waals surface area contributed by atoms with E-state index >= 15 is 0 Å². The summed E-state index contributed by atoms with van der Waals surface area (Å²) >= 11 is 0. The molecule has 1 aromatic rings. The number of methoxy groups -OCH3 is 1. The number of carbonyl (C=O) groups excluding carboxylic acids is 1. The van der Waals surface area contributed by atoms with Crippen LogP contribution in [0, 0.1) is 0 Å². The maximum Gasteiger partial charge on any atom is 0.234 e. The van der Waals surface area contributed by atoms with Crippen LogP contribution in [0.25, 0.3) is 0 Å². The molecule has 5 nitrogen and oxygen atoms in total. The van der Waals surface area contributed by atoms with Gasteiger partial charge in [-0.2, -0.15) is 0 Å². The number of benzene rings is 1. The van der Waals surface area contributed by atoms with Gasteiger partial charge in [0.2, 0.25) is 15.9 Å². The predicted octanol–water partition coefficient (Wildman–Crippen LogP) is 1.58. The molecule has 2 rings (SSSR count). The summed E-state index contributed by atoms with van der Waals surface area (Å²) in [7, 11) is -1.86. The highest BCUT2D eigenvalue weighted by molar-refractivity contribution is 7.89. The average molecular weight is 297 g/mol. The number of hydrogen-bond acceptors (Lipinski definition) is 4. The first-order valence-electron chi connectivity index (χ1n) is 6.56. The van der Waals surface area contributed by atoms with Crippen molar-refractivity contribution in [2.24, 2.45) is 0 Å². The zero-order valence-corrected chi connectivity index (χ0v) is 12.5. The van der Waals surface area contributed by atoms with Crippen molar-refractivity contribution in [3.8, 4) is 5.75 Å². The topological polar surface area (TPSA) is 72.5 Å². The van der Waals surface area contributed by atoms with Crippen molar-refractivity contribution < 1.29 is 17.9 Å². The van der Waals surface area contributed by atoms with E-state index in [0.717, 1.165) is 36.8 Å².